The number of benzene rings is 1. The molecule has 1 aliphatic rings. The van der Waals surface area contributed by atoms with Gasteiger partial charge < -0.3 is 10.2 Å². The monoisotopic (exact) mass is 261 g/mol. The van der Waals surface area contributed by atoms with Crippen molar-refractivity contribution in [3.63, 3.8) is 0 Å². The first-order chi connectivity index (χ1) is 9.28. The molecule has 1 heterocycles. The SMILES string of the molecule is CCN(C)CCNC1CCN(Cc2ccccc2)C1. The summed E-state index contributed by atoms with van der Waals surface area (Å²) in [6.45, 7) is 9.08. The van der Waals surface area contributed by atoms with E-state index in [-0.39, 0.29) is 0 Å². The van der Waals surface area contributed by atoms with Crippen molar-refractivity contribution in [3.8, 4) is 0 Å². The predicted octanol–water partition coefficient (Wildman–Crippen LogP) is 1.80. The average Bonchev–Trinajstić information content (AvgIpc) is 2.87. The lowest BCUT2D eigenvalue weighted by molar-refractivity contribution is 0.311. The van der Waals surface area contributed by atoms with Crippen LogP contribution in [0.1, 0.15) is 18.9 Å². The van der Waals surface area contributed by atoms with E-state index >= 15 is 0 Å². The van der Waals surface area contributed by atoms with Crippen molar-refractivity contribution < 1.29 is 0 Å². The zero-order valence-electron chi connectivity index (χ0n) is 12.3. The molecule has 3 heteroatoms. The summed E-state index contributed by atoms with van der Waals surface area (Å²) >= 11 is 0. The minimum absolute atomic E-state index is 0.675. The summed E-state index contributed by atoms with van der Waals surface area (Å²) in [6.07, 6.45) is 1.28. The van der Waals surface area contributed by atoms with E-state index in [1.54, 1.807) is 0 Å². The number of nitrogens with one attached hydrogen (secondary N) is 1. The lowest BCUT2D eigenvalue weighted by Gasteiger charge is -2.18. The lowest BCUT2D eigenvalue weighted by atomic mass is 10.2. The second-order valence-corrected chi connectivity index (χ2v) is 5.56. The van der Waals surface area contributed by atoms with Gasteiger partial charge in [-0.3, -0.25) is 4.90 Å². The highest BCUT2D eigenvalue weighted by Crippen LogP contribution is 2.13. The van der Waals surface area contributed by atoms with Gasteiger partial charge in [0.2, 0.25) is 0 Å². The number of hydrogen-bond acceptors (Lipinski definition) is 3. The molecule has 19 heavy (non-hydrogen) atoms. The van der Waals surface area contributed by atoms with Gasteiger partial charge >= 0.3 is 0 Å². The number of nitrogens with zero attached hydrogens (tertiary/aromatic N) is 2. The van der Waals surface area contributed by atoms with Gasteiger partial charge in [0.05, 0.1) is 0 Å². The standard InChI is InChI=1S/C16H27N3/c1-3-18(2)12-10-17-16-9-11-19(14-16)13-15-7-5-4-6-8-15/h4-8,16-17H,3,9-14H2,1-2H3. The molecule has 0 amide bonds. The summed E-state index contributed by atoms with van der Waals surface area (Å²) in [4.78, 5) is 4.90. The summed E-state index contributed by atoms with van der Waals surface area (Å²) in [5, 5.41) is 3.68. The van der Waals surface area contributed by atoms with E-state index < -0.39 is 0 Å². The third-order valence-electron chi connectivity index (χ3n) is 3.99. The maximum Gasteiger partial charge on any atom is 0.0234 e. The van der Waals surface area contributed by atoms with Crippen molar-refractivity contribution >= 4 is 0 Å². The van der Waals surface area contributed by atoms with Gasteiger partial charge in [-0.2, -0.15) is 0 Å². The third kappa shape index (κ3) is 4.94. The number of rotatable bonds is 7. The van der Waals surface area contributed by atoms with Crippen LogP contribution in [-0.2, 0) is 6.54 Å². The Morgan fingerprint density at radius 1 is 1.32 bits per heavy atom. The Morgan fingerprint density at radius 2 is 2.11 bits per heavy atom. The van der Waals surface area contributed by atoms with Crippen LogP contribution in [0.4, 0.5) is 0 Å². The van der Waals surface area contributed by atoms with Crippen molar-refractivity contribution in [1.29, 1.82) is 0 Å². The zero-order valence-corrected chi connectivity index (χ0v) is 12.3. The molecule has 0 saturated carbocycles. The third-order valence-corrected chi connectivity index (χ3v) is 3.99. The van der Waals surface area contributed by atoms with Gasteiger partial charge in [-0.15, -0.1) is 0 Å². The van der Waals surface area contributed by atoms with Crippen LogP contribution in [-0.4, -0.2) is 55.6 Å². The fraction of sp³-hybridized carbons (Fsp3) is 0.625. The van der Waals surface area contributed by atoms with Gasteiger partial charge in [0.15, 0.2) is 0 Å². The molecule has 1 atom stereocenters. The summed E-state index contributed by atoms with van der Waals surface area (Å²) in [7, 11) is 2.18. The summed E-state index contributed by atoms with van der Waals surface area (Å²) in [5.74, 6) is 0. The van der Waals surface area contributed by atoms with E-state index in [0.29, 0.717) is 6.04 Å². The highest BCUT2D eigenvalue weighted by molar-refractivity contribution is 5.14. The Bertz CT molecular complexity index is 352. The molecule has 1 unspecified atom stereocenters. The normalized spacial score (nSPS) is 20.3. The first kappa shape index (κ1) is 14.5. The molecule has 1 fully saturated rings. The predicted molar refractivity (Wildman–Crippen MR) is 81.3 cm³/mol. The van der Waals surface area contributed by atoms with Crippen molar-refractivity contribution in [2.75, 3.05) is 39.8 Å². The van der Waals surface area contributed by atoms with Crippen LogP contribution < -0.4 is 5.32 Å². The smallest absolute Gasteiger partial charge is 0.0234 e. The van der Waals surface area contributed by atoms with Crippen LogP contribution in [0.2, 0.25) is 0 Å². The maximum absolute atomic E-state index is 3.68. The molecule has 1 aromatic rings. The molecule has 1 aromatic carbocycles. The molecule has 1 aliphatic heterocycles. The van der Waals surface area contributed by atoms with Crippen molar-refractivity contribution in [3.05, 3.63) is 35.9 Å². The number of likely N-dealkylation sites (tertiary alicyclic amines) is 1. The lowest BCUT2D eigenvalue weighted by Crippen LogP contribution is -2.37. The zero-order chi connectivity index (χ0) is 13.5. The molecular formula is C16H27N3. The van der Waals surface area contributed by atoms with Crippen LogP contribution in [0.25, 0.3) is 0 Å². The first-order valence-electron chi connectivity index (χ1n) is 7.46. The Hall–Kier alpha value is -0.900. The molecule has 0 spiro atoms. The van der Waals surface area contributed by atoms with E-state index in [1.165, 1.54) is 25.1 Å². The second-order valence-electron chi connectivity index (χ2n) is 5.56. The van der Waals surface area contributed by atoms with Gasteiger partial charge in [-0.05, 0) is 25.6 Å². The largest absolute Gasteiger partial charge is 0.311 e. The quantitative estimate of drug-likeness (QED) is 0.807. The van der Waals surface area contributed by atoms with E-state index in [0.717, 1.165) is 26.2 Å². The summed E-state index contributed by atoms with van der Waals surface area (Å²) in [5.41, 5.74) is 1.42. The van der Waals surface area contributed by atoms with E-state index in [1.807, 2.05) is 0 Å². The van der Waals surface area contributed by atoms with Gasteiger partial charge in [0.1, 0.15) is 0 Å². The fourth-order valence-corrected chi connectivity index (χ4v) is 2.60. The molecule has 0 aliphatic carbocycles. The molecule has 0 aromatic heterocycles. The van der Waals surface area contributed by atoms with Crippen molar-refractivity contribution in [2.24, 2.45) is 0 Å². The molecule has 106 valence electrons. The van der Waals surface area contributed by atoms with Crippen molar-refractivity contribution in [1.82, 2.24) is 15.1 Å². The molecule has 0 radical (unpaired) electrons. The first-order valence-corrected chi connectivity index (χ1v) is 7.46. The van der Waals surface area contributed by atoms with Crippen LogP contribution in [0.15, 0.2) is 30.3 Å². The highest BCUT2D eigenvalue weighted by Gasteiger charge is 2.21. The van der Waals surface area contributed by atoms with Gasteiger partial charge in [0, 0.05) is 38.8 Å². The summed E-state index contributed by atoms with van der Waals surface area (Å²) < 4.78 is 0. The molecule has 1 N–H and O–H groups in total. The second kappa shape index (κ2) is 7.63. The minimum atomic E-state index is 0.675. The Kier molecular flexibility index (Phi) is 5.83. The fourth-order valence-electron chi connectivity index (χ4n) is 2.60. The Labute approximate surface area is 117 Å². The molecular weight excluding hydrogens is 234 g/mol. The van der Waals surface area contributed by atoms with E-state index in [2.05, 4.69) is 59.4 Å². The number of likely N-dealkylation sites (N-methyl/N-ethyl adjacent to an activating group) is 1. The maximum atomic E-state index is 3.68. The van der Waals surface area contributed by atoms with Gasteiger partial charge in [-0.25, -0.2) is 0 Å². The van der Waals surface area contributed by atoms with Crippen LogP contribution in [0, 0.1) is 0 Å². The van der Waals surface area contributed by atoms with E-state index in [9.17, 15) is 0 Å². The molecule has 3 nitrogen and oxygen atoms in total. The Balaban J connectivity index is 1.66. The molecule has 0 bridgehead atoms. The number of hydrogen-bond donors (Lipinski definition) is 1. The highest BCUT2D eigenvalue weighted by atomic mass is 15.2. The van der Waals surface area contributed by atoms with Crippen LogP contribution in [0.5, 0.6) is 0 Å². The summed E-state index contributed by atoms with van der Waals surface area (Å²) in [6, 6.07) is 11.5. The van der Waals surface area contributed by atoms with Gasteiger partial charge in [0.25, 0.3) is 0 Å². The van der Waals surface area contributed by atoms with Crippen LogP contribution in [0.3, 0.4) is 0 Å². The van der Waals surface area contributed by atoms with E-state index in [4.69, 9.17) is 0 Å². The van der Waals surface area contributed by atoms with Crippen LogP contribution >= 0.6 is 0 Å². The molecule has 2 rings (SSSR count). The topological polar surface area (TPSA) is 18.5 Å². The minimum Gasteiger partial charge on any atom is -0.311 e. The molecule has 1 saturated heterocycles. The Morgan fingerprint density at radius 3 is 2.84 bits per heavy atom. The average molecular weight is 261 g/mol. The van der Waals surface area contributed by atoms with Crippen molar-refractivity contribution in [2.45, 2.75) is 25.9 Å². The van der Waals surface area contributed by atoms with Gasteiger partial charge in [-0.1, -0.05) is 37.3 Å².